The normalized spacial score (nSPS) is 11.6. The Labute approximate surface area is 194 Å². The highest BCUT2D eigenvalue weighted by Gasteiger charge is 2.16. The zero-order valence-corrected chi connectivity index (χ0v) is 20.4. The van der Waals surface area contributed by atoms with Gasteiger partial charge in [0, 0.05) is 55.0 Å². The first-order chi connectivity index (χ1) is 15.4. The van der Waals surface area contributed by atoms with Gasteiger partial charge in [0.25, 0.3) is 0 Å². The van der Waals surface area contributed by atoms with E-state index in [1.807, 2.05) is 44.6 Å². The highest BCUT2D eigenvalue weighted by molar-refractivity contribution is 7.90. The molecule has 10 heteroatoms. The number of hydrogen-bond acceptors (Lipinski definition) is 7. The molecule has 0 unspecified atom stereocenters. The van der Waals surface area contributed by atoms with Crippen molar-refractivity contribution < 1.29 is 17.9 Å². The molecule has 0 aliphatic heterocycles. The van der Waals surface area contributed by atoms with E-state index in [0.717, 1.165) is 6.26 Å². The number of amides is 1. The number of pyridine rings is 1. The molecule has 0 bridgehead atoms. The highest BCUT2D eigenvalue weighted by atomic mass is 32.2. The fourth-order valence-corrected chi connectivity index (χ4v) is 3.81. The first-order valence-electron chi connectivity index (χ1n) is 10.5. The van der Waals surface area contributed by atoms with Gasteiger partial charge in [-0.1, -0.05) is 0 Å². The molecule has 0 fully saturated rings. The molecule has 2 aromatic heterocycles. The predicted octanol–water partition coefficient (Wildman–Crippen LogP) is 4.42. The van der Waals surface area contributed by atoms with Crippen molar-refractivity contribution >= 4 is 32.9 Å². The minimum absolute atomic E-state index is 0.129. The average molecular weight is 472 g/mol. The third-order valence-electron chi connectivity index (χ3n) is 4.58. The van der Waals surface area contributed by atoms with E-state index in [4.69, 9.17) is 4.74 Å². The summed E-state index contributed by atoms with van der Waals surface area (Å²) in [6.07, 6.45) is 4.52. The standard InChI is InChI=1S/C23H29N5O4S/c1-14(2)28-8-7-21(27-28)20-13-24-23(25-16(5)29)12-22(20)26-17-9-18(32-15(3)4)11-19(10-17)33(6,30)31/h7-15H,1-6H3,(H2,24,25,26,29). The largest absolute Gasteiger partial charge is 0.491 e. The van der Waals surface area contributed by atoms with Crippen LogP contribution in [0.3, 0.4) is 0 Å². The van der Waals surface area contributed by atoms with Crippen LogP contribution < -0.4 is 15.4 Å². The second-order valence-corrected chi connectivity index (χ2v) is 10.3. The van der Waals surface area contributed by atoms with Gasteiger partial charge < -0.3 is 15.4 Å². The number of nitrogens with zero attached hydrogens (tertiary/aromatic N) is 3. The molecule has 1 aromatic carbocycles. The summed E-state index contributed by atoms with van der Waals surface area (Å²) >= 11 is 0. The van der Waals surface area contributed by atoms with Gasteiger partial charge in [-0.15, -0.1) is 0 Å². The Morgan fingerprint density at radius 1 is 1.12 bits per heavy atom. The number of anilines is 3. The number of benzene rings is 1. The van der Waals surface area contributed by atoms with Crippen LogP contribution in [0.4, 0.5) is 17.2 Å². The predicted molar refractivity (Wildman–Crippen MR) is 129 cm³/mol. The molecule has 2 N–H and O–H groups in total. The second-order valence-electron chi connectivity index (χ2n) is 8.33. The van der Waals surface area contributed by atoms with Crippen molar-refractivity contribution in [1.29, 1.82) is 0 Å². The van der Waals surface area contributed by atoms with Gasteiger partial charge >= 0.3 is 0 Å². The Balaban J connectivity index is 2.11. The summed E-state index contributed by atoms with van der Waals surface area (Å²) in [4.78, 5) is 16.0. The first kappa shape index (κ1) is 24.2. The molecule has 33 heavy (non-hydrogen) atoms. The number of carbonyl (C=O) groups excluding carboxylic acids is 1. The van der Waals surface area contributed by atoms with Gasteiger partial charge in [0.1, 0.15) is 11.6 Å². The highest BCUT2D eigenvalue weighted by Crippen LogP contribution is 2.33. The van der Waals surface area contributed by atoms with E-state index in [9.17, 15) is 13.2 Å². The van der Waals surface area contributed by atoms with Gasteiger partial charge in [0.15, 0.2) is 9.84 Å². The van der Waals surface area contributed by atoms with E-state index < -0.39 is 9.84 Å². The molecule has 9 nitrogen and oxygen atoms in total. The average Bonchev–Trinajstić information content (AvgIpc) is 3.16. The van der Waals surface area contributed by atoms with Crippen molar-refractivity contribution in [2.24, 2.45) is 0 Å². The lowest BCUT2D eigenvalue weighted by Crippen LogP contribution is -2.09. The summed E-state index contributed by atoms with van der Waals surface area (Å²) < 4.78 is 32.1. The summed E-state index contributed by atoms with van der Waals surface area (Å²) in [5.41, 5.74) is 2.49. The van der Waals surface area contributed by atoms with E-state index in [1.165, 1.54) is 19.1 Å². The summed E-state index contributed by atoms with van der Waals surface area (Å²) in [6.45, 7) is 9.19. The van der Waals surface area contributed by atoms with Crippen LogP contribution in [-0.2, 0) is 14.6 Å². The minimum atomic E-state index is -3.47. The van der Waals surface area contributed by atoms with E-state index in [0.29, 0.717) is 34.2 Å². The smallest absolute Gasteiger partial charge is 0.222 e. The van der Waals surface area contributed by atoms with Gasteiger partial charge in [-0.25, -0.2) is 13.4 Å². The van der Waals surface area contributed by atoms with Gasteiger partial charge in [0.05, 0.1) is 22.4 Å². The van der Waals surface area contributed by atoms with E-state index in [2.05, 4.69) is 20.7 Å². The van der Waals surface area contributed by atoms with Crippen LogP contribution in [0.25, 0.3) is 11.3 Å². The lowest BCUT2D eigenvalue weighted by atomic mass is 10.1. The molecule has 2 heterocycles. The molecular formula is C23H29N5O4S. The Bertz CT molecular complexity index is 1270. The van der Waals surface area contributed by atoms with Crippen molar-refractivity contribution in [2.45, 2.75) is 51.7 Å². The van der Waals surface area contributed by atoms with Crippen molar-refractivity contribution in [1.82, 2.24) is 14.8 Å². The van der Waals surface area contributed by atoms with Crippen molar-refractivity contribution in [3.05, 3.63) is 42.7 Å². The third-order valence-corrected chi connectivity index (χ3v) is 5.67. The second kappa shape index (κ2) is 9.62. The molecule has 0 saturated carbocycles. The zero-order chi connectivity index (χ0) is 24.3. The van der Waals surface area contributed by atoms with E-state index >= 15 is 0 Å². The summed E-state index contributed by atoms with van der Waals surface area (Å²) in [5, 5.41) is 10.5. The fraction of sp³-hybridized carbons (Fsp3) is 0.348. The van der Waals surface area contributed by atoms with Crippen molar-refractivity contribution in [3.8, 4) is 17.0 Å². The number of hydrogen-bond donors (Lipinski definition) is 2. The van der Waals surface area contributed by atoms with Gasteiger partial charge in [0.2, 0.25) is 5.91 Å². The maximum atomic E-state index is 12.3. The molecule has 0 atom stereocenters. The van der Waals surface area contributed by atoms with Crippen LogP contribution >= 0.6 is 0 Å². The zero-order valence-electron chi connectivity index (χ0n) is 19.6. The summed E-state index contributed by atoms with van der Waals surface area (Å²) in [6, 6.07) is 8.51. The van der Waals surface area contributed by atoms with Gasteiger partial charge in [-0.3, -0.25) is 9.48 Å². The Hall–Kier alpha value is -3.40. The van der Waals surface area contributed by atoms with E-state index in [-0.39, 0.29) is 22.9 Å². The lowest BCUT2D eigenvalue weighted by molar-refractivity contribution is -0.114. The number of ether oxygens (including phenoxy) is 1. The molecule has 0 radical (unpaired) electrons. The molecule has 3 rings (SSSR count). The molecule has 1 amide bonds. The van der Waals surface area contributed by atoms with Crippen LogP contribution in [0.1, 0.15) is 40.7 Å². The van der Waals surface area contributed by atoms with Crippen molar-refractivity contribution in [3.63, 3.8) is 0 Å². The molecular weight excluding hydrogens is 442 g/mol. The van der Waals surface area contributed by atoms with Gasteiger partial charge in [-0.05, 0) is 45.9 Å². The SMILES string of the molecule is CC(=O)Nc1cc(Nc2cc(OC(C)C)cc(S(C)(=O)=O)c2)c(-c2ccn(C(C)C)n2)cn1. The summed E-state index contributed by atoms with van der Waals surface area (Å²) in [5.74, 6) is 0.532. The molecule has 0 aliphatic rings. The molecule has 0 saturated heterocycles. The Kier molecular flexibility index (Phi) is 7.06. The molecule has 0 aliphatic carbocycles. The molecule has 3 aromatic rings. The Morgan fingerprint density at radius 2 is 1.85 bits per heavy atom. The van der Waals surface area contributed by atoms with Crippen LogP contribution in [0.5, 0.6) is 5.75 Å². The number of aromatic nitrogens is 3. The van der Waals surface area contributed by atoms with Crippen molar-refractivity contribution in [2.75, 3.05) is 16.9 Å². The fourth-order valence-electron chi connectivity index (χ4n) is 3.13. The third kappa shape index (κ3) is 6.32. The monoisotopic (exact) mass is 471 g/mol. The summed E-state index contributed by atoms with van der Waals surface area (Å²) in [7, 11) is -3.47. The first-order valence-corrected chi connectivity index (χ1v) is 12.4. The van der Waals surface area contributed by atoms with Gasteiger partial charge in [-0.2, -0.15) is 5.10 Å². The molecule has 0 spiro atoms. The van der Waals surface area contributed by atoms with Crippen LogP contribution in [0, 0.1) is 0 Å². The van der Waals surface area contributed by atoms with Crippen LogP contribution in [0.15, 0.2) is 47.6 Å². The number of nitrogens with one attached hydrogen (secondary N) is 2. The minimum Gasteiger partial charge on any atom is -0.491 e. The number of rotatable bonds is 8. The Morgan fingerprint density at radius 3 is 2.42 bits per heavy atom. The number of sulfone groups is 1. The quantitative estimate of drug-likeness (QED) is 0.500. The van der Waals surface area contributed by atoms with Crippen LogP contribution in [0.2, 0.25) is 0 Å². The number of carbonyl (C=O) groups is 1. The maximum Gasteiger partial charge on any atom is 0.222 e. The van der Waals surface area contributed by atoms with E-state index in [1.54, 1.807) is 18.3 Å². The topological polar surface area (TPSA) is 115 Å². The lowest BCUT2D eigenvalue weighted by Gasteiger charge is -2.16. The van der Waals surface area contributed by atoms with Crippen LogP contribution in [-0.4, -0.2) is 41.4 Å². The molecule has 176 valence electrons. The maximum absolute atomic E-state index is 12.3.